The van der Waals surface area contributed by atoms with E-state index >= 15 is 0 Å². The highest BCUT2D eigenvalue weighted by Crippen LogP contribution is 2.31. The van der Waals surface area contributed by atoms with Crippen LogP contribution >= 0.6 is 0 Å². The maximum Gasteiger partial charge on any atom is 0.331 e. The summed E-state index contributed by atoms with van der Waals surface area (Å²) in [5.74, 6) is 0.112. The van der Waals surface area contributed by atoms with Gasteiger partial charge in [0.2, 0.25) is 0 Å². The molecule has 1 aliphatic heterocycles. The number of amides is 1. The minimum atomic E-state index is -0.642. The number of ketones is 1. The van der Waals surface area contributed by atoms with Gasteiger partial charge in [-0.25, -0.2) is 4.79 Å². The number of carbonyl (C=O) groups excluding carboxylic acids is 3. The SMILES string of the molecule is CC(=O)c1ccc(NC(=O)COC(=O)/C=C/c2ccc3c(c2)OCCO3)cc1. The van der Waals surface area contributed by atoms with Gasteiger partial charge in [-0.05, 0) is 55.0 Å². The zero-order chi connectivity index (χ0) is 19.9. The Labute approximate surface area is 161 Å². The van der Waals surface area contributed by atoms with Crippen molar-refractivity contribution in [2.75, 3.05) is 25.1 Å². The molecule has 0 atom stereocenters. The number of Topliss-reactive ketones (excluding diaryl/α,β-unsaturated/α-hetero) is 1. The third-order valence-corrected chi connectivity index (χ3v) is 3.90. The van der Waals surface area contributed by atoms with Crippen molar-refractivity contribution in [2.45, 2.75) is 6.92 Å². The van der Waals surface area contributed by atoms with Gasteiger partial charge in [-0.3, -0.25) is 9.59 Å². The van der Waals surface area contributed by atoms with Gasteiger partial charge in [0.1, 0.15) is 13.2 Å². The molecule has 0 unspecified atom stereocenters. The lowest BCUT2D eigenvalue weighted by Crippen LogP contribution is -2.20. The Hall–Kier alpha value is -3.61. The number of hydrogen-bond acceptors (Lipinski definition) is 6. The predicted molar refractivity (Wildman–Crippen MR) is 103 cm³/mol. The summed E-state index contributed by atoms with van der Waals surface area (Å²) in [6.45, 7) is 2.04. The maximum atomic E-state index is 11.9. The minimum Gasteiger partial charge on any atom is -0.486 e. The number of nitrogens with one attached hydrogen (secondary N) is 1. The molecule has 0 saturated carbocycles. The van der Waals surface area contributed by atoms with Crippen molar-refractivity contribution in [1.82, 2.24) is 0 Å². The first-order valence-corrected chi connectivity index (χ1v) is 8.66. The fourth-order valence-corrected chi connectivity index (χ4v) is 2.50. The number of esters is 1. The van der Waals surface area contributed by atoms with Crippen molar-refractivity contribution < 1.29 is 28.6 Å². The van der Waals surface area contributed by atoms with E-state index < -0.39 is 18.5 Å². The predicted octanol–water partition coefficient (Wildman–Crippen LogP) is 2.86. The van der Waals surface area contributed by atoms with Crippen molar-refractivity contribution in [3.8, 4) is 11.5 Å². The van der Waals surface area contributed by atoms with Gasteiger partial charge in [-0.1, -0.05) is 6.07 Å². The largest absolute Gasteiger partial charge is 0.486 e. The highest BCUT2D eigenvalue weighted by atomic mass is 16.6. The van der Waals surface area contributed by atoms with Crippen molar-refractivity contribution in [2.24, 2.45) is 0 Å². The number of fused-ring (bicyclic) bond motifs is 1. The number of hydrogen-bond donors (Lipinski definition) is 1. The molecule has 2 aromatic rings. The number of ether oxygens (including phenoxy) is 3. The molecule has 0 aliphatic carbocycles. The Morgan fingerprint density at radius 1 is 1.04 bits per heavy atom. The summed E-state index contributed by atoms with van der Waals surface area (Å²) >= 11 is 0. The number of benzene rings is 2. The van der Waals surface area contributed by atoms with Crippen molar-refractivity contribution in [3.05, 3.63) is 59.7 Å². The van der Waals surface area contributed by atoms with Gasteiger partial charge >= 0.3 is 5.97 Å². The van der Waals surface area contributed by atoms with Crippen LogP contribution in [0.4, 0.5) is 5.69 Å². The second kappa shape index (κ2) is 8.85. The van der Waals surface area contributed by atoms with Crippen LogP contribution in [-0.4, -0.2) is 37.5 Å². The first-order valence-electron chi connectivity index (χ1n) is 8.66. The standard InChI is InChI=1S/C21H19NO6/c1-14(23)16-4-6-17(7-5-16)22-20(24)13-28-21(25)9-3-15-2-8-18-19(12-15)27-11-10-26-18/h2-9,12H,10-11,13H2,1H3,(H,22,24)/b9-3+. The Kier molecular flexibility index (Phi) is 6.06. The molecular weight excluding hydrogens is 362 g/mol. The lowest BCUT2D eigenvalue weighted by atomic mass is 10.1. The molecule has 0 spiro atoms. The van der Waals surface area contributed by atoms with Crippen LogP contribution in [0.3, 0.4) is 0 Å². The molecular formula is C21H19NO6. The lowest BCUT2D eigenvalue weighted by molar-refractivity contribution is -0.142. The Morgan fingerprint density at radius 3 is 2.46 bits per heavy atom. The monoisotopic (exact) mass is 381 g/mol. The summed E-state index contributed by atoms with van der Waals surface area (Å²) in [7, 11) is 0. The topological polar surface area (TPSA) is 90.9 Å². The Morgan fingerprint density at radius 2 is 1.75 bits per heavy atom. The van der Waals surface area contributed by atoms with Crippen molar-refractivity contribution in [3.63, 3.8) is 0 Å². The van der Waals surface area contributed by atoms with Gasteiger partial charge in [0, 0.05) is 17.3 Å². The van der Waals surface area contributed by atoms with E-state index in [1.807, 2.05) is 0 Å². The van der Waals surface area contributed by atoms with E-state index in [1.54, 1.807) is 48.5 Å². The molecule has 1 heterocycles. The van der Waals surface area contributed by atoms with E-state index in [4.69, 9.17) is 14.2 Å². The van der Waals surface area contributed by atoms with Gasteiger partial charge in [-0.15, -0.1) is 0 Å². The summed E-state index contributed by atoms with van der Waals surface area (Å²) in [5, 5.41) is 2.59. The smallest absolute Gasteiger partial charge is 0.331 e. The van der Waals surface area contributed by atoms with E-state index in [0.29, 0.717) is 36.0 Å². The maximum absolute atomic E-state index is 11.9. The fraction of sp³-hybridized carbons (Fsp3) is 0.190. The average molecular weight is 381 g/mol. The Balaban J connectivity index is 1.47. The minimum absolute atomic E-state index is 0.0587. The van der Waals surface area contributed by atoms with E-state index in [-0.39, 0.29) is 5.78 Å². The van der Waals surface area contributed by atoms with E-state index in [2.05, 4.69) is 5.32 Å². The summed E-state index contributed by atoms with van der Waals surface area (Å²) in [5.41, 5.74) is 1.81. The molecule has 7 nitrogen and oxygen atoms in total. The van der Waals surface area contributed by atoms with E-state index in [0.717, 1.165) is 5.56 Å². The van der Waals surface area contributed by atoms with Crippen LogP contribution in [-0.2, 0) is 14.3 Å². The van der Waals surface area contributed by atoms with Crippen LogP contribution < -0.4 is 14.8 Å². The van der Waals surface area contributed by atoms with Crippen molar-refractivity contribution in [1.29, 1.82) is 0 Å². The van der Waals surface area contributed by atoms with E-state index in [9.17, 15) is 14.4 Å². The van der Waals surface area contributed by atoms with Crippen molar-refractivity contribution >= 4 is 29.4 Å². The van der Waals surface area contributed by atoms with Gasteiger partial charge in [-0.2, -0.15) is 0 Å². The molecule has 1 aliphatic rings. The highest BCUT2D eigenvalue weighted by Gasteiger charge is 2.11. The van der Waals surface area contributed by atoms with Crippen LogP contribution in [0.5, 0.6) is 11.5 Å². The second-order valence-corrected chi connectivity index (χ2v) is 6.03. The third kappa shape index (κ3) is 5.20. The fourth-order valence-electron chi connectivity index (χ4n) is 2.50. The first-order chi connectivity index (χ1) is 13.5. The molecule has 7 heteroatoms. The van der Waals surface area contributed by atoms with Gasteiger partial charge in [0.15, 0.2) is 23.9 Å². The van der Waals surface area contributed by atoms with Crippen LogP contribution in [0, 0.1) is 0 Å². The summed E-state index contributed by atoms with van der Waals surface area (Å²) in [6.07, 6.45) is 2.80. The molecule has 0 saturated heterocycles. The molecule has 1 N–H and O–H groups in total. The molecule has 28 heavy (non-hydrogen) atoms. The van der Waals surface area contributed by atoms with Gasteiger partial charge in [0.05, 0.1) is 0 Å². The second-order valence-electron chi connectivity index (χ2n) is 6.03. The first kappa shape index (κ1) is 19.2. The molecule has 3 rings (SSSR count). The molecule has 2 aromatic carbocycles. The number of rotatable bonds is 6. The van der Waals surface area contributed by atoms with Gasteiger partial charge in [0.25, 0.3) is 5.91 Å². The normalized spacial score (nSPS) is 12.5. The van der Waals surface area contributed by atoms with Crippen LogP contribution in [0.1, 0.15) is 22.8 Å². The molecule has 0 fully saturated rings. The van der Waals surface area contributed by atoms with E-state index in [1.165, 1.54) is 13.0 Å². The summed E-state index contributed by atoms with van der Waals surface area (Å²) < 4.78 is 15.8. The van der Waals surface area contributed by atoms with Crippen LogP contribution in [0.15, 0.2) is 48.5 Å². The molecule has 0 radical (unpaired) electrons. The zero-order valence-corrected chi connectivity index (χ0v) is 15.3. The molecule has 0 aromatic heterocycles. The lowest BCUT2D eigenvalue weighted by Gasteiger charge is -2.18. The van der Waals surface area contributed by atoms with Crippen LogP contribution in [0.25, 0.3) is 6.08 Å². The Bertz CT molecular complexity index is 917. The quantitative estimate of drug-likeness (QED) is 0.470. The number of carbonyl (C=O) groups is 3. The highest BCUT2D eigenvalue weighted by molar-refractivity contribution is 5.96. The van der Waals surface area contributed by atoms with Gasteiger partial charge < -0.3 is 19.5 Å². The third-order valence-electron chi connectivity index (χ3n) is 3.90. The average Bonchev–Trinajstić information content (AvgIpc) is 2.71. The number of anilines is 1. The summed E-state index contributed by atoms with van der Waals surface area (Å²) in [6, 6.07) is 11.8. The molecule has 0 bridgehead atoms. The summed E-state index contributed by atoms with van der Waals surface area (Å²) in [4.78, 5) is 34.9. The zero-order valence-electron chi connectivity index (χ0n) is 15.3. The van der Waals surface area contributed by atoms with Crippen LogP contribution in [0.2, 0.25) is 0 Å². The molecule has 1 amide bonds. The molecule has 144 valence electrons.